The van der Waals surface area contributed by atoms with Crippen molar-refractivity contribution in [3.8, 4) is 0 Å². The minimum atomic E-state index is -0.272. The smallest absolute Gasteiger partial charge is 0.226 e. The van der Waals surface area contributed by atoms with Crippen molar-refractivity contribution in [3.05, 3.63) is 0 Å². The lowest BCUT2D eigenvalue weighted by Crippen LogP contribution is -2.64. The quantitative estimate of drug-likeness (QED) is 0.860. The second-order valence-electron chi connectivity index (χ2n) is 10.5. The summed E-state index contributed by atoms with van der Waals surface area (Å²) in [5.74, 6) is 1.51. The van der Waals surface area contributed by atoms with Gasteiger partial charge in [0.2, 0.25) is 5.91 Å². The van der Waals surface area contributed by atoms with E-state index >= 15 is 0 Å². The van der Waals surface area contributed by atoms with E-state index in [2.05, 4.69) is 17.1 Å². The molecule has 24 heavy (non-hydrogen) atoms. The number of halogens is 1. The number of fused-ring (bicyclic) bond motifs is 3. The van der Waals surface area contributed by atoms with Crippen LogP contribution in [0.1, 0.15) is 58.3 Å². The van der Waals surface area contributed by atoms with Gasteiger partial charge in [-0.3, -0.25) is 9.18 Å². The first kappa shape index (κ1) is 15.6. The number of carbonyl (C=O) groups excluding carboxylic acids is 1. The van der Waals surface area contributed by atoms with Gasteiger partial charge in [0.15, 0.2) is 0 Å². The molecule has 0 spiro atoms. The Balaban J connectivity index is 1.38. The third-order valence-corrected chi connectivity index (χ3v) is 8.20. The predicted octanol–water partition coefficient (Wildman–Crippen LogP) is 3.14. The van der Waals surface area contributed by atoms with Crippen LogP contribution in [0.4, 0.5) is 4.39 Å². The first-order valence-corrected chi connectivity index (χ1v) is 10.0. The van der Waals surface area contributed by atoms with Crippen LogP contribution in [-0.4, -0.2) is 43.2 Å². The molecule has 7 aliphatic rings. The van der Waals surface area contributed by atoms with Crippen LogP contribution in [0, 0.1) is 28.1 Å². The lowest BCUT2D eigenvalue weighted by Gasteiger charge is -2.65. The molecule has 6 bridgehead atoms. The largest absolute Gasteiger partial charge is 0.351 e. The molecule has 0 radical (unpaired) electrons. The molecule has 1 N–H and O–H groups in total. The highest BCUT2D eigenvalue weighted by atomic mass is 19.1. The zero-order chi connectivity index (χ0) is 16.6. The molecule has 7 rings (SSSR count). The van der Waals surface area contributed by atoms with Crippen LogP contribution < -0.4 is 5.32 Å². The average Bonchev–Trinajstić information content (AvgIpc) is 2.54. The van der Waals surface area contributed by atoms with E-state index in [4.69, 9.17) is 0 Å². The summed E-state index contributed by atoms with van der Waals surface area (Å²) in [7, 11) is 0. The maximum Gasteiger partial charge on any atom is 0.226 e. The summed E-state index contributed by atoms with van der Waals surface area (Å²) >= 11 is 0. The monoisotopic (exact) mass is 334 g/mol. The molecular weight excluding hydrogens is 303 g/mol. The van der Waals surface area contributed by atoms with Crippen LogP contribution in [0.2, 0.25) is 0 Å². The number of alkyl halides is 1. The summed E-state index contributed by atoms with van der Waals surface area (Å²) in [6, 6.07) is 0.335. The standard InChI is InChI=1S/C20H31FN2O/c1-18-6-14-7-19(10-18,13-21)12-20(8-14,11-18)17(24)22-16-9-23-4-2-15(16)3-5-23/h14-16H,2-13H2,1H3,(H,22,24)/t14?,16-,18+,19+,20?/m0/s1. The van der Waals surface area contributed by atoms with E-state index in [-0.39, 0.29) is 28.8 Å². The highest BCUT2D eigenvalue weighted by Gasteiger charge is 2.64. The van der Waals surface area contributed by atoms with Gasteiger partial charge >= 0.3 is 0 Å². The number of nitrogens with one attached hydrogen (secondary N) is 1. The van der Waals surface area contributed by atoms with Gasteiger partial charge in [0, 0.05) is 18.0 Å². The summed E-state index contributed by atoms with van der Waals surface area (Å²) in [5.41, 5.74) is -0.273. The summed E-state index contributed by atoms with van der Waals surface area (Å²) in [5, 5.41) is 3.46. The van der Waals surface area contributed by atoms with Crippen LogP contribution in [0.3, 0.4) is 0 Å². The third kappa shape index (κ3) is 2.21. The highest BCUT2D eigenvalue weighted by Crippen LogP contribution is 2.69. The molecule has 0 aromatic heterocycles. The molecule has 1 amide bonds. The minimum Gasteiger partial charge on any atom is -0.351 e. The molecule has 5 atom stereocenters. The Bertz CT molecular complexity index is 560. The van der Waals surface area contributed by atoms with Gasteiger partial charge in [0.05, 0.1) is 12.1 Å². The van der Waals surface area contributed by atoms with E-state index in [9.17, 15) is 9.18 Å². The predicted molar refractivity (Wildman–Crippen MR) is 91.2 cm³/mol. The van der Waals surface area contributed by atoms with Gasteiger partial charge in [-0.1, -0.05) is 6.92 Å². The van der Waals surface area contributed by atoms with Crippen molar-refractivity contribution >= 4 is 5.91 Å². The molecule has 3 heterocycles. The molecule has 0 aromatic rings. The van der Waals surface area contributed by atoms with Crippen molar-refractivity contribution in [3.63, 3.8) is 0 Å². The van der Waals surface area contributed by atoms with E-state index in [1.165, 1.54) is 32.4 Å². The van der Waals surface area contributed by atoms with Crippen LogP contribution in [-0.2, 0) is 4.79 Å². The van der Waals surface area contributed by atoms with Crippen molar-refractivity contribution < 1.29 is 9.18 Å². The fourth-order valence-electron chi connectivity index (χ4n) is 7.99. The van der Waals surface area contributed by atoms with Gasteiger partial charge in [-0.2, -0.15) is 0 Å². The molecular formula is C20H31FN2O. The third-order valence-electron chi connectivity index (χ3n) is 8.20. The van der Waals surface area contributed by atoms with Crippen molar-refractivity contribution in [2.45, 2.75) is 64.3 Å². The lowest BCUT2D eigenvalue weighted by molar-refractivity contribution is -0.177. The maximum absolute atomic E-state index is 14.0. The molecule has 3 nitrogen and oxygen atoms in total. The fourth-order valence-corrected chi connectivity index (χ4v) is 7.99. The van der Waals surface area contributed by atoms with Crippen molar-refractivity contribution in [1.29, 1.82) is 0 Å². The van der Waals surface area contributed by atoms with E-state index in [1.807, 2.05) is 0 Å². The first-order chi connectivity index (χ1) is 11.4. The molecule has 3 saturated heterocycles. The molecule has 2 unspecified atom stereocenters. The van der Waals surface area contributed by atoms with Gasteiger partial charge in [-0.25, -0.2) is 0 Å². The van der Waals surface area contributed by atoms with Crippen LogP contribution in [0.15, 0.2) is 0 Å². The minimum absolute atomic E-state index is 0.192. The number of nitrogens with zero attached hydrogens (tertiary/aromatic N) is 1. The lowest BCUT2D eigenvalue weighted by atomic mass is 9.40. The molecule has 4 heteroatoms. The zero-order valence-electron chi connectivity index (χ0n) is 15.0. The number of piperidine rings is 3. The number of carbonyl (C=O) groups is 1. The van der Waals surface area contributed by atoms with E-state index in [1.54, 1.807) is 0 Å². The summed E-state index contributed by atoms with van der Waals surface area (Å²) in [6.07, 6.45) is 8.50. The Morgan fingerprint density at radius 1 is 1.17 bits per heavy atom. The summed E-state index contributed by atoms with van der Waals surface area (Å²) < 4.78 is 14.0. The van der Waals surface area contributed by atoms with Gasteiger partial charge in [-0.15, -0.1) is 0 Å². The number of hydrogen-bond acceptors (Lipinski definition) is 2. The normalized spacial score (nSPS) is 54.9. The van der Waals surface area contributed by atoms with Gasteiger partial charge in [0.1, 0.15) is 0 Å². The van der Waals surface area contributed by atoms with Crippen LogP contribution in [0.25, 0.3) is 0 Å². The van der Waals surface area contributed by atoms with Gasteiger partial charge < -0.3 is 10.2 Å². The summed E-state index contributed by atoms with van der Waals surface area (Å²) in [4.78, 5) is 15.9. The molecule has 7 fully saturated rings. The molecule has 4 aliphatic carbocycles. The maximum atomic E-state index is 14.0. The Labute approximate surface area is 144 Å². The van der Waals surface area contributed by atoms with Gasteiger partial charge in [0.25, 0.3) is 0 Å². The SMILES string of the molecule is C[C@]12CC3CC(C(=O)N[C@H]4CN5CCC4CC5)(C1)C[C@@](CF)(C3)C2. The second-order valence-corrected chi connectivity index (χ2v) is 10.5. The molecule has 134 valence electrons. The highest BCUT2D eigenvalue weighted by molar-refractivity contribution is 5.83. The molecule has 0 aromatic carbocycles. The van der Waals surface area contributed by atoms with E-state index in [0.29, 0.717) is 17.9 Å². The Morgan fingerprint density at radius 2 is 1.96 bits per heavy atom. The van der Waals surface area contributed by atoms with E-state index in [0.717, 1.165) is 38.6 Å². The Morgan fingerprint density at radius 3 is 2.58 bits per heavy atom. The molecule has 3 aliphatic heterocycles. The zero-order valence-corrected chi connectivity index (χ0v) is 15.0. The number of amides is 1. The van der Waals surface area contributed by atoms with E-state index < -0.39 is 0 Å². The van der Waals surface area contributed by atoms with Crippen molar-refractivity contribution in [2.24, 2.45) is 28.1 Å². The van der Waals surface area contributed by atoms with Crippen LogP contribution >= 0.6 is 0 Å². The number of rotatable bonds is 3. The Kier molecular flexibility index (Phi) is 3.22. The molecule has 4 saturated carbocycles. The summed E-state index contributed by atoms with van der Waals surface area (Å²) in [6.45, 7) is 5.52. The van der Waals surface area contributed by atoms with Crippen molar-refractivity contribution in [2.75, 3.05) is 26.3 Å². The topological polar surface area (TPSA) is 32.3 Å². The average molecular weight is 334 g/mol. The number of hydrogen-bond donors (Lipinski definition) is 1. The Hall–Kier alpha value is -0.640. The van der Waals surface area contributed by atoms with Gasteiger partial charge in [-0.05, 0) is 81.7 Å². The van der Waals surface area contributed by atoms with Crippen LogP contribution in [0.5, 0.6) is 0 Å². The second kappa shape index (κ2) is 4.96. The first-order valence-electron chi connectivity index (χ1n) is 10.0. The van der Waals surface area contributed by atoms with Crippen molar-refractivity contribution in [1.82, 2.24) is 10.2 Å². The fraction of sp³-hybridized carbons (Fsp3) is 0.950.